The van der Waals surface area contributed by atoms with E-state index in [0.29, 0.717) is 12.2 Å². The van der Waals surface area contributed by atoms with Gasteiger partial charge >= 0.3 is 6.03 Å². The van der Waals surface area contributed by atoms with Crippen LogP contribution >= 0.6 is 0 Å². The van der Waals surface area contributed by atoms with Crippen LogP contribution in [-0.2, 0) is 9.59 Å². The van der Waals surface area contributed by atoms with E-state index in [1.807, 2.05) is 0 Å². The first-order valence-corrected chi connectivity index (χ1v) is 6.33. The first kappa shape index (κ1) is 14.8. The minimum atomic E-state index is -0.617. The Hall–Kier alpha value is -2.64. The van der Waals surface area contributed by atoms with E-state index in [-0.39, 0.29) is 18.3 Å². The fraction of sp³-hybridized carbons (Fsp3) is 0.308. The number of carbonyl (C=O) groups excluding carboxylic acids is 3. The molecule has 0 aromatic heterocycles. The summed E-state index contributed by atoms with van der Waals surface area (Å²) in [4.78, 5) is 35.8. The van der Waals surface area contributed by atoms with Crippen molar-refractivity contribution < 1.29 is 18.8 Å². The molecule has 21 heavy (non-hydrogen) atoms. The Morgan fingerprint density at radius 2 is 2.00 bits per heavy atom. The van der Waals surface area contributed by atoms with Gasteiger partial charge in [0.25, 0.3) is 5.91 Å². The number of nitrogens with one attached hydrogen (secondary N) is 3. The predicted molar refractivity (Wildman–Crippen MR) is 73.1 cm³/mol. The van der Waals surface area contributed by atoms with E-state index in [0.717, 1.165) is 0 Å². The van der Waals surface area contributed by atoms with Crippen molar-refractivity contribution in [2.75, 3.05) is 25.0 Å². The molecule has 1 aliphatic heterocycles. The molecule has 3 N–H and O–H groups in total. The first-order chi connectivity index (χ1) is 10.0. The second-order valence-electron chi connectivity index (χ2n) is 4.48. The molecule has 0 spiro atoms. The van der Waals surface area contributed by atoms with E-state index >= 15 is 0 Å². The van der Waals surface area contributed by atoms with Crippen molar-refractivity contribution in [3.05, 3.63) is 30.1 Å². The van der Waals surface area contributed by atoms with Crippen LogP contribution < -0.4 is 20.9 Å². The molecule has 1 atom stereocenters. The highest BCUT2D eigenvalue weighted by atomic mass is 19.1. The molecule has 0 unspecified atom stereocenters. The van der Waals surface area contributed by atoms with Crippen molar-refractivity contribution in [1.29, 1.82) is 0 Å². The lowest BCUT2D eigenvalue weighted by molar-refractivity contribution is -0.130. The number of halogens is 1. The summed E-state index contributed by atoms with van der Waals surface area (Å²) >= 11 is 0. The maximum Gasteiger partial charge on any atom is 0.314 e. The highest BCUT2D eigenvalue weighted by molar-refractivity contribution is 6.05. The van der Waals surface area contributed by atoms with E-state index in [4.69, 9.17) is 0 Å². The van der Waals surface area contributed by atoms with Crippen LogP contribution in [0.5, 0.6) is 0 Å². The lowest BCUT2D eigenvalue weighted by Crippen LogP contribution is -2.65. The highest BCUT2D eigenvalue weighted by Gasteiger charge is 2.38. The van der Waals surface area contributed by atoms with Crippen LogP contribution in [-0.4, -0.2) is 44.0 Å². The summed E-state index contributed by atoms with van der Waals surface area (Å²) in [6.07, 6.45) is 0. The maximum absolute atomic E-state index is 12.8. The molecule has 8 heteroatoms. The van der Waals surface area contributed by atoms with Gasteiger partial charge in [-0.25, -0.2) is 9.18 Å². The zero-order valence-electron chi connectivity index (χ0n) is 11.4. The molecular formula is C13H15FN4O3. The SMILES string of the molecule is CNC(=O)NCC(=O)N[C@@H]1CN(c2ccc(F)cc2)C1=O. The predicted octanol–water partition coefficient (Wildman–Crippen LogP) is -0.414. The molecule has 1 fully saturated rings. The monoisotopic (exact) mass is 294 g/mol. The summed E-state index contributed by atoms with van der Waals surface area (Å²) in [5, 5.41) is 7.14. The smallest absolute Gasteiger partial charge is 0.314 e. The van der Waals surface area contributed by atoms with Crippen molar-refractivity contribution >= 4 is 23.5 Å². The molecule has 112 valence electrons. The van der Waals surface area contributed by atoms with Crippen molar-refractivity contribution in [3.63, 3.8) is 0 Å². The van der Waals surface area contributed by atoms with Crippen LogP contribution in [0.4, 0.5) is 14.9 Å². The number of urea groups is 1. The van der Waals surface area contributed by atoms with Gasteiger partial charge in [0, 0.05) is 12.7 Å². The summed E-state index contributed by atoms with van der Waals surface area (Å²) in [6.45, 7) is 0.107. The number of hydrogen-bond acceptors (Lipinski definition) is 3. The Morgan fingerprint density at radius 3 is 2.57 bits per heavy atom. The second-order valence-corrected chi connectivity index (χ2v) is 4.48. The average Bonchev–Trinajstić information content (AvgIpc) is 2.49. The molecular weight excluding hydrogens is 279 g/mol. The average molecular weight is 294 g/mol. The Bertz CT molecular complexity index is 561. The number of rotatable bonds is 4. The quantitative estimate of drug-likeness (QED) is 0.659. The van der Waals surface area contributed by atoms with Crippen LogP contribution in [0, 0.1) is 5.82 Å². The third kappa shape index (κ3) is 3.47. The van der Waals surface area contributed by atoms with Gasteiger partial charge in [0.1, 0.15) is 11.9 Å². The van der Waals surface area contributed by atoms with Crippen molar-refractivity contribution in [2.24, 2.45) is 0 Å². The Balaban J connectivity index is 1.81. The molecule has 0 aliphatic carbocycles. The molecule has 7 nitrogen and oxygen atoms in total. The van der Waals surface area contributed by atoms with Gasteiger partial charge in [-0.15, -0.1) is 0 Å². The molecule has 1 aromatic carbocycles. The van der Waals surface area contributed by atoms with Gasteiger partial charge in [-0.3, -0.25) is 9.59 Å². The molecule has 0 radical (unpaired) electrons. The summed E-state index contributed by atoms with van der Waals surface area (Å²) < 4.78 is 12.8. The topological polar surface area (TPSA) is 90.5 Å². The number of nitrogens with zero attached hydrogens (tertiary/aromatic N) is 1. The summed E-state index contributed by atoms with van der Waals surface area (Å²) in [7, 11) is 1.43. The highest BCUT2D eigenvalue weighted by Crippen LogP contribution is 2.22. The Morgan fingerprint density at radius 1 is 1.33 bits per heavy atom. The number of anilines is 1. The molecule has 4 amide bonds. The Kier molecular flexibility index (Phi) is 4.36. The zero-order valence-corrected chi connectivity index (χ0v) is 11.4. The number of amides is 4. The summed E-state index contributed by atoms with van der Waals surface area (Å²) in [5.74, 6) is -1.09. The molecule has 1 aromatic rings. The number of carbonyl (C=O) groups is 3. The normalized spacial score (nSPS) is 17.0. The fourth-order valence-corrected chi connectivity index (χ4v) is 1.88. The van der Waals surface area contributed by atoms with E-state index in [2.05, 4.69) is 16.0 Å². The number of β-lactam (4-membered cyclic amide) rings is 1. The lowest BCUT2D eigenvalue weighted by Gasteiger charge is -2.38. The van der Waals surface area contributed by atoms with Crippen LogP contribution in [0.3, 0.4) is 0 Å². The van der Waals surface area contributed by atoms with E-state index in [1.54, 1.807) is 0 Å². The fourth-order valence-electron chi connectivity index (χ4n) is 1.88. The number of hydrogen-bond donors (Lipinski definition) is 3. The van der Waals surface area contributed by atoms with Gasteiger partial charge in [-0.1, -0.05) is 0 Å². The van der Waals surface area contributed by atoms with Gasteiger partial charge in [0.15, 0.2) is 0 Å². The van der Waals surface area contributed by atoms with Gasteiger partial charge in [-0.05, 0) is 24.3 Å². The van der Waals surface area contributed by atoms with E-state index in [1.165, 1.54) is 36.2 Å². The lowest BCUT2D eigenvalue weighted by atomic mass is 10.1. The molecule has 0 saturated carbocycles. The van der Waals surface area contributed by atoms with Gasteiger partial charge in [0.2, 0.25) is 5.91 Å². The van der Waals surface area contributed by atoms with Crippen LogP contribution in [0.1, 0.15) is 0 Å². The Labute approximate surface area is 120 Å². The summed E-state index contributed by atoms with van der Waals surface area (Å²) in [6, 6.07) is 4.44. The van der Waals surface area contributed by atoms with Crippen LogP contribution in [0.15, 0.2) is 24.3 Å². The largest absolute Gasteiger partial charge is 0.341 e. The van der Waals surface area contributed by atoms with Crippen LogP contribution in [0.2, 0.25) is 0 Å². The van der Waals surface area contributed by atoms with Crippen molar-refractivity contribution in [3.8, 4) is 0 Å². The summed E-state index contributed by atoms with van der Waals surface area (Å²) in [5.41, 5.74) is 0.579. The van der Waals surface area contributed by atoms with Gasteiger partial charge in [-0.2, -0.15) is 0 Å². The third-order valence-corrected chi connectivity index (χ3v) is 3.04. The minimum absolute atomic E-state index is 0.208. The number of benzene rings is 1. The van der Waals surface area contributed by atoms with Gasteiger partial charge < -0.3 is 20.9 Å². The van der Waals surface area contributed by atoms with E-state index in [9.17, 15) is 18.8 Å². The molecule has 2 rings (SSSR count). The first-order valence-electron chi connectivity index (χ1n) is 6.33. The van der Waals surface area contributed by atoms with Crippen LogP contribution in [0.25, 0.3) is 0 Å². The van der Waals surface area contributed by atoms with Crippen molar-refractivity contribution in [1.82, 2.24) is 16.0 Å². The standard InChI is InChI=1S/C13H15FN4O3/c1-15-13(21)16-6-11(19)17-10-7-18(12(10)20)9-4-2-8(14)3-5-9/h2-5,10H,6-7H2,1H3,(H,17,19)(H2,15,16,21)/t10-/m1/s1. The minimum Gasteiger partial charge on any atom is -0.341 e. The molecule has 1 saturated heterocycles. The third-order valence-electron chi connectivity index (χ3n) is 3.04. The molecule has 1 heterocycles. The van der Waals surface area contributed by atoms with E-state index < -0.39 is 18.0 Å². The molecule has 1 aliphatic rings. The van der Waals surface area contributed by atoms with Crippen molar-refractivity contribution in [2.45, 2.75) is 6.04 Å². The second kappa shape index (κ2) is 6.21. The maximum atomic E-state index is 12.8. The van der Waals surface area contributed by atoms with Gasteiger partial charge in [0.05, 0.1) is 13.1 Å². The zero-order chi connectivity index (χ0) is 15.4. The molecule has 0 bridgehead atoms.